The highest BCUT2D eigenvalue weighted by atomic mass is 19.4. The third-order valence-electron chi connectivity index (χ3n) is 2.72. The molecule has 0 aliphatic heterocycles. The van der Waals surface area contributed by atoms with Gasteiger partial charge in [-0.1, -0.05) is 18.2 Å². The fourth-order valence-corrected chi connectivity index (χ4v) is 1.75. The second kappa shape index (κ2) is 5.95. The molecule has 0 atom stereocenters. The van der Waals surface area contributed by atoms with Crippen molar-refractivity contribution in [2.24, 2.45) is 0 Å². The Balaban J connectivity index is 1.97. The molecule has 0 aliphatic rings. The zero-order valence-corrected chi connectivity index (χ0v) is 11.3. The molecule has 0 aromatic heterocycles. The molecule has 0 saturated carbocycles. The smallest absolute Gasteiger partial charge is 0.487 e. The molecular formula is C15H14F3NO2. The first-order valence-corrected chi connectivity index (χ1v) is 6.17. The van der Waals surface area contributed by atoms with Crippen molar-refractivity contribution in [3.05, 3.63) is 53.6 Å². The topological polar surface area (TPSA) is 44.5 Å². The van der Waals surface area contributed by atoms with Crippen LogP contribution in [0.3, 0.4) is 0 Å². The van der Waals surface area contributed by atoms with Crippen LogP contribution in [-0.2, 0) is 6.61 Å². The Morgan fingerprint density at radius 3 is 2.29 bits per heavy atom. The van der Waals surface area contributed by atoms with Gasteiger partial charge < -0.3 is 15.2 Å². The summed E-state index contributed by atoms with van der Waals surface area (Å²) in [6.07, 6.45) is -4.69. The summed E-state index contributed by atoms with van der Waals surface area (Å²) in [6.45, 7) is 2.12. The summed E-state index contributed by atoms with van der Waals surface area (Å²) in [5.74, 6) is 0.275. The van der Waals surface area contributed by atoms with Gasteiger partial charge in [0.2, 0.25) is 0 Å². The van der Waals surface area contributed by atoms with Crippen molar-refractivity contribution in [3.63, 3.8) is 0 Å². The highest BCUT2D eigenvalue weighted by Gasteiger charge is 2.30. The maximum absolute atomic E-state index is 12.0. The molecule has 0 aliphatic carbocycles. The van der Waals surface area contributed by atoms with Crippen LogP contribution in [0.25, 0.3) is 0 Å². The lowest BCUT2D eigenvalue weighted by Crippen LogP contribution is -2.17. The van der Waals surface area contributed by atoms with Gasteiger partial charge >= 0.3 is 6.36 Å². The number of hydrogen-bond acceptors (Lipinski definition) is 3. The van der Waals surface area contributed by atoms with Crippen LogP contribution in [0, 0.1) is 6.92 Å². The van der Waals surface area contributed by atoms with Crippen molar-refractivity contribution >= 4 is 5.69 Å². The van der Waals surface area contributed by atoms with Crippen LogP contribution in [0.15, 0.2) is 42.5 Å². The molecule has 112 valence electrons. The first-order chi connectivity index (χ1) is 9.83. The van der Waals surface area contributed by atoms with Gasteiger partial charge in [0, 0.05) is 0 Å². The first kappa shape index (κ1) is 15.0. The van der Waals surface area contributed by atoms with Crippen LogP contribution in [-0.4, -0.2) is 6.36 Å². The minimum atomic E-state index is -4.69. The van der Waals surface area contributed by atoms with Gasteiger partial charge in [0.05, 0.1) is 5.69 Å². The van der Waals surface area contributed by atoms with Crippen LogP contribution in [0.1, 0.15) is 11.1 Å². The maximum Gasteiger partial charge on any atom is 0.573 e. The van der Waals surface area contributed by atoms with Gasteiger partial charge in [-0.2, -0.15) is 0 Å². The lowest BCUT2D eigenvalue weighted by Gasteiger charge is -2.11. The van der Waals surface area contributed by atoms with Crippen LogP contribution >= 0.6 is 0 Å². The van der Waals surface area contributed by atoms with Gasteiger partial charge in [-0.05, 0) is 42.3 Å². The van der Waals surface area contributed by atoms with E-state index in [1.165, 1.54) is 24.3 Å². The van der Waals surface area contributed by atoms with Crippen molar-refractivity contribution in [2.45, 2.75) is 19.9 Å². The maximum atomic E-state index is 12.0. The number of nitrogen functional groups attached to an aromatic ring is 1. The zero-order valence-electron chi connectivity index (χ0n) is 11.3. The molecule has 21 heavy (non-hydrogen) atoms. The van der Waals surface area contributed by atoms with Crippen LogP contribution in [0.4, 0.5) is 18.9 Å². The van der Waals surface area contributed by atoms with Crippen LogP contribution in [0.2, 0.25) is 0 Å². The second-order valence-corrected chi connectivity index (χ2v) is 4.52. The molecular weight excluding hydrogens is 283 g/mol. The Morgan fingerprint density at radius 2 is 1.71 bits per heavy atom. The van der Waals surface area contributed by atoms with E-state index in [0.29, 0.717) is 17.0 Å². The number of benzene rings is 2. The van der Waals surface area contributed by atoms with Gasteiger partial charge in [-0.15, -0.1) is 13.2 Å². The molecule has 0 unspecified atom stereocenters. The second-order valence-electron chi connectivity index (χ2n) is 4.52. The summed E-state index contributed by atoms with van der Waals surface area (Å²) in [6, 6.07) is 10.9. The molecule has 2 rings (SSSR count). The van der Waals surface area contributed by atoms with Gasteiger partial charge in [0.1, 0.15) is 18.1 Å². The van der Waals surface area contributed by atoms with E-state index in [-0.39, 0.29) is 12.4 Å². The van der Waals surface area contributed by atoms with Gasteiger partial charge in [0.25, 0.3) is 0 Å². The normalized spacial score (nSPS) is 11.2. The lowest BCUT2D eigenvalue weighted by atomic mass is 10.2. The fourth-order valence-electron chi connectivity index (χ4n) is 1.75. The number of aryl methyl sites for hydroxylation is 1. The van der Waals surface area contributed by atoms with E-state index in [2.05, 4.69) is 4.74 Å². The average Bonchev–Trinajstić information content (AvgIpc) is 2.38. The molecule has 0 saturated heterocycles. The third-order valence-corrected chi connectivity index (χ3v) is 2.72. The number of halogens is 3. The number of anilines is 1. The molecule has 2 N–H and O–H groups in total. The number of nitrogens with two attached hydrogens (primary N) is 1. The van der Waals surface area contributed by atoms with Crippen molar-refractivity contribution in [1.29, 1.82) is 0 Å². The van der Waals surface area contributed by atoms with Crippen molar-refractivity contribution in [3.8, 4) is 11.5 Å². The fraction of sp³-hybridized carbons (Fsp3) is 0.200. The molecule has 0 amide bonds. The standard InChI is InChI=1S/C15H14F3NO2/c1-10-2-7-14(13(19)8-10)20-9-11-3-5-12(6-4-11)21-15(16,17)18/h2-8H,9,19H2,1H3. The van der Waals surface area contributed by atoms with E-state index >= 15 is 0 Å². The molecule has 0 radical (unpaired) electrons. The summed E-state index contributed by atoms with van der Waals surface area (Å²) in [7, 11) is 0. The molecule has 0 spiro atoms. The van der Waals surface area contributed by atoms with E-state index in [0.717, 1.165) is 5.56 Å². The zero-order chi connectivity index (χ0) is 15.5. The summed E-state index contributed by atoms with van der Waals surface area (Å²) in [4.78, 5) is 0. The monoisotopic (exact) mass is 297 g/mol. The molecule has 6 heteroatoms. The molecule has 0 bridgehead atoms. The predicted molar refractivity (Wildman–Crippen MR) is 73.0 cm³/mol. The summed E-state index contributed by atoms with van der Waals surface area (Å²) in [5, 5.41) is 0. The Kier molecular flexibility index (Phi) is 4.26. The lowest BCUT2D eigenvalue weighted by molar-refractivity contribution is -0.274. The summed E-state index contributed by atoms with van der Waals surface area (Å²) >= 11 is 0. The van der Waals surface area contributed by atoms with Gasteiger partial charge in [-0.25, -0.2) is 0 Å². The van der Waals surface area contributed by atoms with Crippen molar-refractivity contribution < 1.29 is 22.6 Å². The molecule has 3 nitrogen and oxygen atoms in total. The molecule has 0 heterocycles. The highest BCUT2D eigenvalue weighted by molar-refractivity contribution is 5.54. The number of rotatable bonds is 4. The summed E-state index contributed by atoms with van der Waals surface area (Å²) in [5.41, 5.74) is 8.06. The van der Waals surface area contributed by atoms with Gasteiger partial charge in [0.15, 0.2) is 0 Å². The molecule has 2 aromatic rings. The highest BCUT2D eigenvalue weighted by Crippen LogP contribution is 2.25. The summed E-state index contributed by atoms with van der Waals surface area (Å²) < 4.78 is 45.4. The molecule has 0 fully saturated rings. The predicted octanol–water partition coefficient (Wildman–Crippen LogP) is 4.05. The Bertz CT molecular complexity index is 609. The van der Waals surface area contributed by atoms with E-state index in [9.17, 15) is 13.2 Å². The first-order valence-electron chi connectivity index (χ1n) is 6.17. The van der Waals surface area contributed by atoms with Gasteiger partial charge in [-0.3, -0.25) is 0 Å². The molecule has 2 aromatic carbocycles. The van der Waals surface area contributed by atoms with Crippen LogP contribution in [0.5, 0.6) is 11.5 Å². The average molecular weight is 297 g/mol. The third kappa shape index (κ3) is 4.59. The number of hydrogen-bond donors (Lipinski definition) is 1. The minimum Gasteiger partial charge on any atom is -0.487 e. The van der Waals surface area contributed by atoms with E-state index < -0.39 is 6.36 Å². The van der Waals surface area contributed by atoms with Crippen molar-refractivity contribution in [1.82, 2.24) is 0 Å². The van der Waals surface area contributed by atoms with E-state index in [1.807, 2.05) is 13.0 Å². The SMILES string of the molecule is Cc1ccc(OCc2ccc(OC(F)(F)F)cc2)c(N)c1. The van der Waals surface area contributed by atoms with Crippen LogP contribution < -0.4 is 15.2 Å². The quantitative estimate of drug-likeness (QED) is 0.866. The van der Waals surface area contributed by atoms with E-state index in [4.69, 9.17) is 10.5 Å². The Hall–Kier alpha value is -2.37. The minimum absolute atomic E-state index is 0.208. The largest absolute Gasteiger partial charge is 0.573 e. The number of ether oxygens (including phenoxy) is 2. The number of alkyl halides is 3. The Morgan fingerprint density at radius 1 is 1.05 bits per heavy atom. The Labute approximate surface area is 120 Å². The van der Waals surface area contributed by atoms with Crippen molar-refractivity contribution in [2.75, 3.05) is 5.73 Å². The van der Waals surface area contributed by atoms with E-state index in [1.54, 1.807) is 12.1 Å².